The van der Waals surface area contributed by atoms with E-state index in [1.54, 1.807) is 18.1 Å². The molecule has 4 rings (SSSR count). The third-order valence-corrected chi connectivity index (χ3v) is 5.55. The van der Waals surface area contributed by atoms with E-state index in [1.165, 1.54) is 5.56 Å². The molecule has 30 heavy (non-hydrogen) atoms. The van der Waals surface area contributed by atoms with Crippen molar-refractivity contribution in [2.24, 2.45) is 0 Å². The minimum absolute atomic E-state index is 0.0391. The average Bonchev–Trinajstić information content (AvgIpc) is 3.11. The quantitative estimate of drug-likeness (QED) is 0.722. The minimum Gasteiger partial charge on any atom is -0.497 e. The van der Waals surface area contributed by atoms with Crippen LogP contribution in [0.5, 0.6) is 5.75 Å². The van der Waals surface area contributed by atoms with E-state index in [-0.39, 0.29) is 11.9 Å². The highest BCUT2D eigenvalue weighted by Crippen LogP contribution is 2.37. The van der Waals surface area contributed by atoms with Crippen LogP contribution in [0.25, 0.3) is 0 Å². The average molecular weight is 403 g/mol. The van der Waals surface area contributed by atoms with Crippen molar-refractivity contribution in [3.05, 3.63) is 89.6 Å². The molecular weight excluding hydrogens is 378 g/mol. The van der Waals surface area contributed by atoms with Gasteiger partial charge in [-0.1, -0.05) is 48.5 Å². The number of rotatable bonds is 7. The van der Waals surface area contributed by atoms with E-state index in [1.807, 2.05) is 47.4 Å². The first kappa shape index (κ1) is 19.8. The van der Waals surface area contributed by atoms with Gasteiger partial charge in [0.25, 0.3) is 5.91 Å². The van der Waals surface area contributed by atoms with Crippen LogP contribution in [-0.4, -0.2) is 48.5 Å². The zero-order valence-electron chi connectivity index (χ0n) is 17.0. The fourth-order valence-corrected chi connectivity index (χ4v) is 4.03. The molecule has 3 amide bonds. The summed E-state index contributed by atoms with van der Waals surface area (Å²) in [5.74, 6) is 0.645. The first-order valence-corrected chi connectivity index (χ1v) is 10.0. The summed E-state index contributed by atoms with van der Waals surface area (Å²) in [5.41, 5.74) is 3.38. The maximum Gasteiger partial charge on any atom is 0.322 e. The van der Waals surface area contributed by atoms with Crippen molar-refractivity contribution < 1.29 is 14.3 Å². The van der Waals surface area contributed by atoms with Gasteiger partial charge < -0.3 is 15.0 Å². The summed E-state index contributed by atoms with van der Waals surface area (Å²) >= 11 is 0. The van der Waals surface area contributed by atoms with E-state index in [9.17, 15) is 9.59 Å². The maximum atomic E-state index is 13.4. The summed E-state index contributed by atoms with van der Waals surface area (Å²) in [6.45, 7) is 5.13. The number of hydrogen-bond donors (Lipinski definition) is 1. The van der Waals surface area contributed by atoms with Crippen LogP contribution in [-0.2, 0) is 11.2 Å². The lowest BCUT2D eigenvalue weighted by Crippen LogP contribution is -2.47. The molecule has 2 aliphatic heterocycles. The van der Waals surface area contributed by atoms with Crippen LogP contribution in [0.1, 0.15) is 17.2 Å². The summed E-state index contributed by atoms with van der Waals surface area (Å²) < 4.78 is 5.33. The molecule has 0 saturated heterocycles. The molecule has 0 fully saturated rings. The molecule has 2 aromatic carbocycles. The second kappa shape index (κ2) is 8.45. The number of nitrogens with one attached hydrogen (secondary N) is 1. The Balaban J connectivity index is 1.64. The molecule has 1 N–H and O–H groups in total. The molecule has 0 aliphatic carbocycles. The van der Waals surface area contributed by atoms with Crippen molar-refractivity contribution in [1.82, 2.24) is 15.1 Å². The van der Waals surface area contributed by atoms with E-state index in [0.717, 1.165) is 17.7 Å². The maximum absolute atomic E-state index is 13.4. The van der Waals surface area contributed by atoms with Gasteiger partial charge in [-0.25, -0.2) is 4.79 Å². The Morgan fingerprint density at radius 3 is 2.70 bits per heavy atom. The predicted octanol–water partition coefficient (Wildman–Crippen LogP) is 3.29. The normalized spacial score (nSPS) is 18.4. The van der Waals surface area contributed by atoms with Crippen molar-refractivity contribution in [1.29, 1.82) is 0 Å². The first-order chi connectivity index (χ1) is 14.6. The number of hydrogen-bond acceptors (Lipinski definition) is 3. The van der Waals surface area contributed by atoms with Gasteiger partial charge in [0, 0.05) is 13.1 Å². The van der Waals surface area contributed by atoms with Gasteiger partial charge in [-0.3, -0.25) is 9.69 Å². The number of urea groups is 1. The summed E-state index contributed by atoms with van der Waals surface area (Å²) in [7, 11) is 1.60. The molecule has 1 unspecified atom stereocenters. The SMILES string of the molecule is C=CCN1C(=O)NC(c2cccc(OC)c2)C2=C1CN(CCc1ccccc1)C2=O. The minimum atomic E-state index is -0.502. The summed E-state index contributed by atoms with van der Waals surface area (Å²) in [4.78, 5) is 29.6. The number of nitrogens with zero attached hydrogens (tertiary/aromatic N) is 2. The third-order valence-electron chi connectivity index (χ3n) is 5.55. The number of carbonyl (C=O) groups excluding carboxylic acids is 2. The van der Waals surface area contributed by atoms with Crippen LogP contribution in [0.4, 0.5) is 4.79 Å². The number of benzene rings is 2. The van der Waals surface area contributed by atoms with E-state index in [0.29, 0.717) is 31.0 Å². The Morgan fingerprint density at radius 2 is 1.97 bits per heavy atom. The van der Waals surface area contributed by atoms with Gasteiger partial charge in [0.05, 0.1) is 31.0 Å². The fraction of sp³-hybridized carbons (Fsp3) is 0.250. The van der Waals surface area contributed by atoms with Crippen LogP contribution in [0.3, 0.4) is 0 Å². The van der Waals surface area contributed by atoms with Gasteiger partial charge in [-0.2, -0.15) is 0 Å². The summed E-state index contributed by atoms with van der Waals surface area (Å²) in [6, 6.07) is 16.8. The highest BCUT2D eigenvalue weighted by Gasteiger charge is 2.43. The Hall–Kier alpha value is -3.54. The van der Waals surface area contributed by atoms with Crippen LogP contribution in [0.15, 0.2) is 78.5 Å². The van der Waals surface area contributed by atoms with Crippen LogP contribution in [0, 0.1) is 0 Å². The van der Waals surface area contributed by atoms with Gasteiger partial charge >= 0.3 is 6.03 Å². The smallest absolute Gasteiger partial charge is 0.322 e. The predicted molar refractivity (Wildman–Crippen MR) is 115 cm³/mol. The molecule has 2 heterocycles. The molecular formula is C24H25N3O3. The topological polar surface area (TPSA) is 61.9 Å². The molecule has 0 spiro atoms. The molecule has 6 nitrogen and oxygen atoms in total. The van der Waals surface area contributed by atoms with Gasteiger partial charge in [0.2, 0.25) is 0 Å². The Kier molecular flexibility index (Phi) is 5.57. The Morgan fingerprint density at radius 1 is 1.17 bits per heavy atom. The Bertz CT molecular complexity index is 1000. The standard InChI is InChI=1S/C24H25N3O3/c1-3-13-27-20-16-26(14-12-17-8-5-4-6-9-17)23(28)21(20)22(25-24(27)29)18-10-7-11-19(15-18)30-2/h3-11,15,22H,1,12-14,16H2,2H3,(H,25,29). The zero-order chi connectivity index (χ0) is 21.1. The highest BCUT2D eigenvalue weighted by molar-refractivity contribution is 6.01. The lowest BCUT2D eigenvalue weighted by atomic mass is 9.95. The van der Waals surface area contributed by atoms with Crippen molar-refractivity contribution >= 4 is 11.9 Å². The van der Waals surface area contributed by atoms with Crippen molar-refractivity contribution in [2.75, 3.05) is 26.7 Å². The molecule has 154 valence electrons. The third kappa shape index (κ3) is 3.68. The fourth-order valence-electron chi connectivity index (χ4n) is 4.03. The second-order valence-corrected chi connectivity index (χ2v) is 7.38. The van der Waals surface area contributed by atoms with Crippen LogP contribution in [0.2, 0.25) is 0 Å². The zero-order valence-corrected chi connectivity index (χ0v) is 17.0. The number of amides is 3. The second-order valence-electron chi connectivity index (χ2n) is 7.38. The molecule has 2 aromatic rings. The highest BCUT2D eigenvalue weighted by atomic mass is 16.5. The molecule has 1 atom stereocenters. The summed E-state index contributed by atoms with van der Waals surface area (Å²) in [6.07, 6.45) is 2.44. The molecule has 2 aliphatic rings. The largest absolute Gasteiger partial charge is 0.497 e. The summed E-state index contributed by atoms with van der Waals surface area (Å²) in [5, 5.41) is 2.99. The van der Waals surface area contributed by atoms with Gasteiger partial charge in [-0.05, 0) is 29.7 Å². The molecule has 0 saturated carbocycles. The van der Waals surface area contributed by atoms with E-state index < -0.39 is 6.04 Å². The lowest BCUT2D eigenvalue weighted by Gasteiger charge is -2.33. The number of ether oxygens (including phenoxy) is 1. The van der Waals surface area contributed by atoms with E-state index in [2.05, 4.69) is 24.0 Å². The molecule has 6 heteroatoms. The Labute approximate surface area is 176 Å². The monoisotopic (exact) mass is 403 g/mol. The number of methoxy groups -OCH3 is 1. The molecule has 0 radical (unpaired) electrons. The first-order valence-electron chi connectivity index (χ1n) is 10.0. The van der Waals surface area contributed by atoms with Crippen molar-refractivity contribution in [2.45, 2.75) is 12.5 Å². The van der Waals surface area contributed by atoms with Crippen LogP contribution >= 0.6 is 0 Å². The van der Waals surface area contributed by atoms with Gasteiger partial charge in [0.15, 0.2) is 0 Å². The van der Waals surface area contributed by atoms with Gasteiger partial charge in [0.1, 0.15) is 5.75 Å². The van der Waals surface area contributed by atoms with Crippen molar-refractivity contribution in [3.8, 4) is 5.75 Å². The lowest BCUT2D eigenvalue weighted by molar-refractivity contribution is -0.125. The van der Waals surface area contributed by atoms with Crippen LogP contribution < -0.4 is 10.1 Å². The van der Waals surface area contributed by atoms with E-state index in [4.69, 9.17) is 4.74 Å². The van der Waals surface area contributed by atoms with E-state index >= 15 is 0 Å². The van der Waals surface area contributed by atoms with Crippen molar-refractivity contribution in [3.63, 3.8) is 0 Å². The molecule has 0 bridgehead atoms. The van der Waals surface area contributed by atoms with Gasteiger partial charge in [-0.15, -0.1) is 6.58 Å². The number of carbonyl (C=O) groups is 2. The molecule has 0 aromatic heterocycles.